The molecule has 1 aromatic rings. The topological polar surface area (TPSA) is 73.5 Å². The molecule has 0 saturated heterocycles. The lowest BCUT2D eigenvalue weighted by Crippen LogP contribution is -2.55. The van der Waals surface area contributed by atoms with Crippen LogP contribution in [-0.4, -0.2) is 43.0 Å². The molecule has 0 spiro atoms. The highest BCUT2D eigenvalue weighted by Gasteiger charge is 2.37. The van der Waals surface area contributed by atoms with Gasteiger partial charge in [-0.2, -0.15) is 0 Å². The molecule has 3 N–H and O–H groups in total. The standard InChI is InChI=1S/C21H34N4O2/c1-15(2)19(26)23-17-8-10-18(11-9-17)24-20(27)22-14-21(25(4)5)12-6-7-16(3)13-21/h8-11,15-16H,6-7,12-14H2,1-5H3,(H,23,26)(H2,22,24,27). The van der Waals surface area contributed by atoms with E-state index < -0.39 is 0 Å². The molecular formula is C21H34N4O2. The Bertz CT molecular complexity index is 642. The summed E-state index contributed by atoms with van der Waals surface area (Å²) in [5.74, 6) is 0.587. The van der Waals surface area contributed by atoms with Crippen LogP contribution in [0.3, 0.4) is 0 Å². The lowest BCUT2D eigenvalue weighted by Gasteiger charge is -2.45. The van der Waals surface area contributed by atoms with Gasteiger partial charge in [-0.25, -0.2) is 4.79 Å². The Morgan fingerprint density at radius 1 is 1.15 bits per heavy atom. The van der Waals surface area contributed by atoms with E-state index in [0.717, 1.165) is 18.5 Å². The van der Waals surface area contributed by atoms with Gasteiger partial charge in [-0.05, 0) is 57.1 Å². The van der Waals surface area contributed by atoms with Crippen LogP contribution in [0.15, 0.2) is 24.3 Å². The average molecular weight is 375 g/mol. The van der Waals surface area contributed by atoms with E-state index in [1.165, 1.54) is 12.8 Å². The van der Waals surface area contributed by atoms with E-state index in [-0.39, 0.29) is 23.4 Å². The molecule has 0 radical (unpaired) electrons. The van der Waals surface area contributed by atoms with Crippen molar-refractivity contribution < 1.29 is 9.59 Å². The minimum atomic E-state index is -0.201. The van der Waals surface area contributed by atoms with E-state index in [9.17, 15) is 9.59 Å². The number of nitrogens with zero attached hydrogens (tertiary/aromatic N) is 1. The van der Waals surface area contributed by atoms with Gasteiger partial charge in [0.2, 0.25) is 5.91 Å². The third kappa shape index (κ3) is 5.96. The molecule has 1 aliphatic rings. The quantitative estimate of drug-likeness (QED) is 0.707. The van der Waals surface area contributed by atoms with E-state index >= 15 is 0 Å². The molecule has 6 nitrogen and oxygen atoms in total. The lowest BCUT2D eigenvalue weighted by atomic mass is 9.75. The van der Waals surface area contributed by atoms with Crippen LogP contribution < -0.4 is 16.0 Å². The molecular weight excluding hydrogens is 340 g/mol. The number of urea groups is 1. The zero-order valence-corrected chi connectivity index (χ0v) is 17.3. The van der Waals surface area contributed by atoms with Gasteiger partial charge in [0.25, 0.3) is 0 Å². The highest BCUT2D eigenvalue weighted by Crippen LogP contribution is 2.35. The number of benzene rings is 1. The SMILES string of the molecule is CC1CCCC(CNC(=O)Nc2ccc(NC(=O)C(C)C)cc2)(N(C)C)C1. The van der Waals surface area contributed by atoms with Gasteiger partial charge in [-0.1, -0.05) is 33.6 Å². The fourth-order valence-electron chi connectivity index (χ4n) is 3.70. The van der Waals surface area contributed by atoms with Crippen molar-refractivity contribution in [2.75, 3.05) is 31.3 Å². The summed E-state index contributed by atoms with van der Waals surface area (Å²) >= 11 is 0. The molecule has 27 heavy (non-hydrogen) atoms. The zero-order chi connectivity index (χ0) is 20.0. The van der Waals surface area contributed by atoms with Gasteiger partial charge in [0, 0.05) is 29.4 Å². The molecule has 1 aromatic carbocycles. The minimum absolute atomic E-state index is 0.0239. The number of carbonyl (C=O) groups excluding carboxylic acids is 2. The minimum Gasteiger partial charge on any atom is -0.336 e. The van der Waals surface area contributed by atoms with Crippen molar-refractivity contribution >= 4 is 23.3 Å². The van der Waals surface area contributed by atoms with Crippen molar-refractivity contribution in [3.05, 3.63) is 24.3 Å². The summed E-state index contributed by atoms with van der Waals surface area (Å²) in [7, 11) is 4.20. The third-order valence-electron chi connectivity index (χ3n) is 5.53. The third-order valence-corrected chi connectivity index (χ3v) is 5.53. The predicted octanol–water partition coefficient (Wildman–Crippen LogP) is 3.91. The number of anilines is 2. The van der Waals surface area contributed by atoms with E-state index in [1.807, 2.05) is 13.8 Å². The van der Waals surface area contributed by atoms with Crippen molar-refractivity contribution in [1.29, 1.82) is 0 Å². The summed E-state index contributed by atoms with van der Waals surface area (Å²) in [5, 5.41) is 8.75. The van der Waals surface area contributed by atoms with Gasteiger partial charge < -0.3 is 20.9 Å². The monoisotopic (exact) mass is 374 g/mol. The number of hydrogen-bond donors (Lipinski definition) is 3. The molecule has 1 fully saturated rings. The number of likely N-dealkylation sites (N-methyl/N-ethyl adjacent to an activating group) is 1. The molecule has 0 bridgehead atoms. The van der Waals surface area contributed by atoms with Crippen LogP contribution in [0.1, 0.15) is 46.5 Å². The van der Waals surface area contributed by atoms with Gasteiger partial charge in [0.1, 0.15) is 0 Å². The number of nitrogens with one attached hydrogen (secondary N) is 3. The average Bonchev–Trinajstić information content (AvgIpc) is 2.61. The molecule has 0 aliphatic heterocycles. The highest BCUT2D eigenvalue weighted by atomic mass is 16.2. The fourth-order valence-corrected chi connectivity index (χ4v) is 3.70. The van der Waals surface area contributed by atoms with Crippen LogP contribution in [0.5, 0.6) is 0 Å². The summed E-state index contributed by atoms with van der Waals surface area (Å²) in [5.41, 5.74) is 1.45. The first-order valence-electron chi connectivity index (χ1n) is 9.85. The molecule has 0 aromatic heterocycles. The Morgan fingerprint density at radius 2 is 1.74 bits per heavy atom. The maximum Gasteiger partial charge on any atom is 0.319 e. The number of rotatable bonds is 6. The second-order valence-corrected chi connectivity index (χ2v) is 8.35. The van der Waals surface area contributed by atoms with Crippen molar-refractivity contribution in [2.24, 2.45) is 11.8 Å². The normalized spacial score (nSPS) is 22.6. The largest absolute Gasteiger partial charge is 0.336 e. The Hall–Kier alpha value is -2.08. The van der Waals surface area contributed by atoms with Crippen LogP contribution in [-0.2, 0) is 4.79 Å². The van der Waals surface area contributed by atoms with Crippen LogP contribution >= 0.6 is 0 Å². The molecule has 1 saturated carbocycles. The summed E-state index contributed by atoms with van der Waals surface area (Å²) in [6.45, 7) is 6.63. The molecule has 6 heteroatoms. The smallest absolute Gasteiger partial charge is 0.319 e. The summed E-state index contributed by atoms with van der Waals surface area (Å²) in [6.07, 6.45) is 4.67. The molecule has 2 unspecified atom stereocenters. The second kappa shape index (κ2) is 9.22. The summed E-state index contributed by atoms with van der Waals surface area (Å²) in [6, 6.07) is 6.97. The van der Waals surface area contributed by atoms with Crippen molar-refractivity contribution in [3.8, 4) is 0 Å². The van der Waals surface area contributed by atoms with Gasteiger partial charge in [-0.3, -0.25) is 4.79 Å². The van der Waals surface area contributed by atoms with Crippen molar-refractivity contribution in [1.82, 2.24) is 10.2 Å². The summed E-state index contributed by atoms with van der Waals surface area (Å²) in [4.78, 5) is 26.3. The molecule has 1 aliphatic carbocycles. The number of carbonyl (C=O) groups is 2. The Labute approximate surface area is 163 Å². The molecule has 2 rings (SSSR count). The van der Waals surface area contributed by atoms with Crippen molar-refractivity contribution in [3.63, 3.8) is 0 Å². The van der Waals surface area contributed by atoms with Crippen LogP contribution in [0.25, 0.3) is 0 Å². The van der Waals surface area contributed by atoms with E-state index in [4.69, 9.17) is 0 Å². The predicted molar refractivity (Wildman–Crippen MR) is 111 cm³/mol. The lowest BCUT2D eigenvalue weighted by molar-refractivity contribution is -0.118. The van der Waals surface area contributed by atoms with Gasteiger partial charge in [-0.15, -0.1) is 0 Å². The zero-order valence-electron chi connectivity index (χ0n) is 17.3. The first kappa shape index (κ1) is 21.2. The second-order valence-electron chi connectivity index (χ2n) is 8.35. The number of hydrogen-bond acceptors (Lipinski definition) is 3. The van der Waals surface area contributed by atoms with Crippen LogP contribution in [0.2, 0.25) is 0 Å². The fraction of sp³-hybridized carbons (Fsp3) is 0.619. The van der Waals surface area contributed by atoms with Gasteiger partial charge >= 0.3 is 6.03 Å². The maximum absolute atomic E-state index is 12.3. The molecule has 2 atom stereocenters. The Kier molecular flexibility index (Phi) is 7.25. The highest BCUT2D eigenvalue weighted by molar-refractivity contribution is 5.93. The van der Waals surface area contributed by atoms with Gasteiger partial charge in [0.15, 0.2) is 0 Å². The number of amides is 3. The van der Waals surface area contributed by atoms with E-state index in [1.54, 1.807) is 24.3 Å². The first-order chi connectivity index (χ1) is 12.7. The maximum atomic E-state index is 12.3. The Morgan fingerprint density at radius 3 is 2.26 bits per heavy atom. The van der Waals surface area contributed by atoms with E-state index in [0.29, 0.717) is 18.2 Å². The summed E-state index contributed by atoms with van der Waals surface area (Å²) < 4.78 is 0. The molecule has 0 heterocycles. The van der Waals surface area contributed by atoms with Crippen LogP contribution in [0, 0.1) is 11.8 Å². The first-order valence-corrected chi connectivity index (χ1v) is 9.85. The van der Waals surface area contributed by atoms with Crippen LogP contribution in [0.4, 0.5) is 16.2 Å². The van der Waals surface area contributed by atoms with Crippen molar-refractivity contribution in [2.45, 2.75) is 52.0 Å². The Balaban J connectivity index is 1.88. The van der Waals surface area contributed by atoms with E-state index in [2.05, 4.69) is 41.9 Å². The molecule has 150 valence electrons. The van der Waals surface area contributed by atoms with Gasteiger partial charge in [0.05, 0.1) is 0 Å². The molecule has 3 amide bonds.